The Morgan fingerprint density at radius 2 is 1.95 bits per heavy atom. The van der Waals surface area contributed by atoms with Crippen molar-refractivity contribution in [2.24, 2.45) is 0 Å². The van der Waals surface area contributed by atoms with E-state index in [1.54, 1.807) is 7.11 Å². The van der Waals surface area contributed by atoms with Crippen LogP contribution < -0.4 is 0 Å². The normalized spacial score (nSPS) is 22.4. The number of Topliss-reactive ketones (excluding diaryl/α,β-unsaturated/α-hetero) is 1. The number of rotatable bonds is 4. The highest BCUT2D eigenvalue weighted by Gasteiger charge is 2.31. The van der Waals surface area contributed by atoms with Crippen molar-refractivity contribution in [3.05, 3.63) is 59.7 Å². The van der Waals surface area contributed by atoms with Gasteiger partial charge in [-0.15, -0.1) is 0 Å². The lowest BCUT2D eigenvalue weighted by Crippen LogP contribution is -2.44. The molecule has 1 aromatic carbocycles. The molecule has 0 saturated carbocycles. The maximum absolute atomic E-state index is 12.3. The quantitative estimate of drug-likeness (QED) is 0.613. The second-order valence-corrected chi connectivity index (χ2v) is 4.84. The minimum absolute atomic E-state index is 0.0558. The van der Waals surface area contributed by atoms with Crippen molar-refractivity contribution in [1.82, 2.24) is 4.90 Å². The first-order valence-electron chi connectivity index (χ1n) is 6.31. The first kappa shape index (κ1) is 13.7. The highest BCUT2D eigenvalue weighted by molar-refractivity contribution is 6.10. The van der Waals surface area contributed by atoms with Crippen LogP contribution in [0.25, 0.3) is 0 Å². The van der Waals surface area contributed by atoms with Gasteiger partial charge in [-0.25, -0.2) is 0 Å². The van der Waals surface area contributed by atoms with Gasteiger partial charge in [-0.3, -0.25) is 9.69 Å². The average Bonchev–Trinajstić information content (AvgIpc) is 2.47. The first-order chi connectivity index (χ1) is 9.09. The van der Waals surface area contributed by atoms with E-state index in [4.69, 9.17) is 4.74 Å². The number of carbonyl (C=O) groups excluding carboxylic acids is 1. The second kappa shape index (κ2) is 5.51. The highest BCUT2D eigenvalue weighted by Crippen LogP contribution is 2.27. The van der Waals surface area contributed by atoms with Crippen molar-refractivity contribution in [2.75, 3.05) is 21.2 Å². The molecule has 0 bridgehead atoms. The van der Waals surface area contributed by atoms with Gasteiger partial charge in [0.25, 0.3) is 0 Å². The fourth-order valence-electron chi connectivity index (χ4n) is 2.20. The fraction of sp³-hybridized carbons (Fsp3) is 0.312. The van der Waals surface area contributed by atoms with Gasteiger partial charge in [0.2, 0.25) is 0 Å². The van der Waals surface area contributed by atoms with Crippen LogP contribution >= 0.6 is 0 Å². The molecule has 1 atom stereocenters. The number of nitrogens with zero attached hydrogens (tertiary/aromatic N) is 1. The Morgan fingerprint density at radius 1 is 1.26 bits per heavy atom. The SMILES string of the molecule is COC1(N(C)C)C=CC(C(=O)c2ccccc2)=CC1. The van der Waals surface area contributed by atoms with Gasteiger partial charge in [0, 0.05) is 24.7 Å². The van der Waals surface area contributed by atoms with E-state index in [0.29, 0.717) is 12.0 Å². The zero-order chi connectivity index (χ0) is 13.9. The molecule has 1 aromatic rings. The van der Waals surface area contributed by atoms with Crippen molar-refractivity contribution < 1.29 is 9.53 Å². The monoisotopic (exact) mass is 257 g/mol. The number of allylic oxidation sites excluding steroid dienone is 2. The van der Waals surface area contributed by atoms with E-state index >= 15 is 0 Å². The van der Waals surface area contributed by atoms with Gasteiger partial charge in [0.05, 0.1) is 0 Å². The van der Waals surface area contributed by atoms with Crippen LogP contribution in [0.4, 0.5) is 0 Å². The van der Waals surface area contributed by atoms with Gasteiger partial charge >= 0.3 is 0 Å². The smallest absolute Gasteiger partial charge is 0.192 e. The van der Waals surface area contributed by atoms with E-state index in [9.17, 15) is 4.79 Å². The number of likely N-dealkylation sites (N-methyl/N-ethyl adjacent to an activating group) is 1. The van der Waals surface area contributed by atoms with Crippen LogP contribution in [0.2, 0.25) is 0 Å². The Kier molecular flexibility index (Phi) is 3.98. The lowest BCUT2D eigenvalue weighted by atomic mass is 9.93. The summed E-state index contributed by atoms with van der Waals surface area (Å²) in [6.07, 6.45) is 6.41. The van der Waals surface area contributed by atoms with Crippen LogP contribution in [0.5, 0.6) is 0 Å². The molecule has 0 spiro atoms. The maximum Gasteiger partial charge on any atom is 0.192 e. The molecule has 3 heteroatoms. The van der Waals surface area contributed by atoms with Gasteiger partial charge in [0.15, 0.2) is 5.78 Å². The number of hydrogen-bond donors (Lipinski definition) is 0. The largest absolute Gasteiger partial charge is 0.360 e. The van der Waals surface area contributed by atoms with E-state index in [1.807, 2.05) is 67.6 Å². The molecule has 100 valence electrons. The van der Waals surface area contributed by atoms with E-state index in [0.717, 1.165) is 5.57 Å². The molecule has 0 N–H and O–H groups in total. The summed E-state index contributed by atoms with van der Waals surface area (Å²) < 4.78 is 5.56. The Labute approximate surface area is 114 Å². The first-order valence-corrected chi connectivity index (χ1v) is 6.31. The number of benzene rings is 1. The van der Waals surface area contributed by atoms with Gasteiger partial charge in [-0.1, -0.05) is 42.5 Å². The molecule has 19 heavy (non-hydrogen) atoms. The Balaban J connectivity index is 2.19. The summed E-state index contributed by atoms with van der Waals surface area (Å²) in [5, 5.41) is 0. The standard InChI is InChI=1S/C16H19NO2/c1-17(2)16(19-3)11-9-14(10-12-16)15(18)13-7-5-4-6-8-13/h4-11H,12H2,1-3H3. The summed E-state index contributed by atoms with van der Waals surface area (Å²) in [6.45, 7) is 0. The predicted molar refractivity (Wildman–Crippen MR) is 76.0 cm³/mol. The molecule has 3 nitrogen and oxygen atoms in total. The lowest BCUT2D eigenvalue weighted by molar-refractivity contribution is -0.0726. The van der Waals surface area contributed by atoms with Gasteiger partial charge in [-0.05, 0) is 20.2 Å². The number of ether oxygens (including phenoxy) is 1. The molecule has 1 aliphatic rings. The molecule has 0 saturated heterocycles. The van der Waals surface area contributed by atoms with Crippen molar-refractivity contribution in [1.29, 1.82) is 0 Å². The maximum atomic E-state index is 12.3. The Hall–Kier alpha value is -1.71. The van der Waals surface area contributed by atoms with Crippen molar-refractivity contribution in [2.45, 2.75) is 12.1 Å². The van der Waals surface area contributed by atoms with Crippen LogP contribution in [0.15, 0.2) is 54.1 Å². The van der Waals surface area contributed by atoms with Crippen molar-refractivity contribution >= 4 is 5.78 Å². The number of hydrogen-bond acceptors (Lipinski definition) is 3. The van der Waals surface area contributed by atoms with E-state index in [1.165, 1.54) is 0 Å². The molecule has 0 fully saturated rings. The molecular formula is C16H19NO2. The summed E-state index contributed by atoms with van der Waals surface area (Å²) in [4.78, 5) is 14.3. The molecule has 0 radical (unpaired) electrons. The molecule has 0 aromatic heterocycles. The molecule has 2 rings (SSSR count). The minimum Gasteiger partial charge on any atom is -0.360 e. The molecule has 0 amide bonds. The van der Waals surface area contributed by atoms with Crippen LogP contribution in [-0.2, 0) is 4.74 Å². The third kappa shape index (κ3) is 2.67. The van der Waals surface area contributed by atoms with Gasteiger partial charge in [0.1, 0.15) is 5.72 Å². The minimum atomic E-state index is -0.444. The van der Waals surface area contributed by atoms with E-state index in [2.05, 4.69) is 0 Å². The summed E-state index contributed by atoms with van der Waals surface area (Å²) in [5.74, 6) is 0.0558. The third-order valence-electron chi connectivity index (χ3n) is 3.55. The topological polar surface area (TPSA) is 29.5 Å². The summed E-state index contributed by atoms with van der Waals surface area (Å²) in [6, 6.07) is 9.32. The number of carbonyl (C=O) groups is 1. The predicted octanol–water partition coefficient (Wildman–Crippen LogP) is 2.66. The molecular weight excluding hydrogens is 238 g/mol. The number of ketones is 1. The van der Waals surface area contributed by atoms with Crippen molar-refractivity contribution in [3.63, 3.8) is 0 Å². The van der Waals surface area contributed by atoms with Crippen LogP contribution in [0.3, 0.4) is 0 Å². The molecule has 1 aliphatic carbocycles. The molecule has 0 heterocycles. The Morgan fingerprint density at radius 3 is 2.42 bits per heavy atom. The van der Waals surface area contributed by atoms with E-state index < -0.39 is 5.72 Å². The lowest BCUT2D eigenvalue weighted by Gasteiger charge is -2.36. The zero-order valence-electron chi connectivity index (χ0n) is 11.6. The molecule has 0 aliphatic heterocycles. The Bertz CT molecular complexity index is 517. The van der Waals surface area contributed by atoms with E-state index in [-0.39, 0.29) is 5.78 Å². The van der Waals surface area contributed by atoms with Crippen LogP contribution in [0.1, 0.15) is 16.8 Å². The second-order valence-electron chi connectivity index (χ2n) is 4.84. The fourth-order valence-corrected chi connectivity index (χ4v) is 2.20. The van der Waals surface area contributed by atoms with Crippen molar-refractivity contribution in [3.8, 4) is 0 Å². The molecule has 1 unspecified atom stereocenters. The summed E-state index contributed by atoms with van der Waals surface area (Å²) in [7, 11) is 5.61. The number of methoxy groups -OCH3 is 1. The van der Waals surface area contributed by atoms with Crippen LogP contribution in [-0.4, -0.2) is 37.6 Å². The van der Waals surface area contributed by atoms with Crippen LogP contribution in [0, 0.1) is 0 Å². The third-order valence-corrected chi connectivity index (χ3v) is 3.55. The van der Waals surface area contributed by atoms with Gasteiger partial charge in [-0.2, -0.15) is 0 Å². The average molecular weight is 257 g/mol. The summed E-state index contributed by atoms with van der Waals surface area (Å²) in [5.41, 5.74) is 0.995. The van der Waals surface area contributed by atoms with Gasteiger partial charge < -0.3 is 4.74 Å². The highest BCUT2D eigenvalue weighted by atomic mass is 16.5. The zero-order valence-corrected chi connectivity index (χ0v) is 11.6. The summed E-state index contributed by atoms with van der Waals surface area (Å²) >= 11 is 0.